The Morgan fingerprint density at radius 2 is 1.76 bits per heavy atom. The van der Waals surface area contributed by atoms with Crippen LogP contribution in [-0.4, -0.2) is 24.3 Å². The first-order valence-electron chi connectivity index (χ1n) is 9.17. The molecule has 0 amide bonds. The SMILES string of the molecule is COc1ccccc1CN(Cc1ccccc1)C[C@@H]1CCCCC1=O. The van der Waals surface area contributed by atoms with Crippen LogP contribution in [-0.2, 0) is 17.9 Å². The third kappa shape index (κ3) is 4.93. The number of rotatable bonds is 7. The molecule has 1 saturated carbocycles. The standard InChI is InChI=1S/C22H27NO2/c1-25-22-14-8-6-12-20(22)17-23(15-18-9-3-2-4-10-18)16-19-11-5-7-13-21(19)24/h2-4,6,8-10,12,14,19H,5,7,11,13,15-17H2,1H3/t19-/m0/s1. The lowest BCUT2D eigenvalue weighted by Crippen LogP contribution is -2.34. The van der Waals surface area contributed by atoms with Crippen LogP contribution < -0.4 is 4.74 Å². The van der Waals surface area contributed by atoms with Crippen LogP contribution in [0.3, 0.4) is 0 Å². The Labute approximate surface area is 150 Å². The van der Waals surface area contributed by atoms with E-state index in [0.29, 0.717) is 5.78 Å². The molecule has 25 heavy (non-hydrogen) atoms. The molecule has 1 aliphatic rings. The Morgan fingerprint density at radius 3 is 2.52 bits per heavy atom. The van der Waals surface area contributed by atoms with Crippen LogP contribution in [0.4, 0.5) is 0 Å². The van der Waals surface area contributed by atoms with Crippen LogP contribution >= 0.6 is 0 Å². The minimum absolute atomic E-state index is 0.173. The topological polar surface area (TPSA) is 29.5 Å². The van der Waals surface area contributed by atoms with Gasteiger partial charge in [-0.2, -0.15) is 0 Å². The molecule has 1 fully saturated rings. The maximum Gasteiger partial charge on any atom is 0.137 e. The zero-order valence-electron chi connectivity index (χ0n) is 15.0. The summed E-state index contributed by atoms with van der Waals surface area (Å²) in [5, 5.41) is 0. The molecule has 0 aliphatic heterocycles. The maximum absolute atomic E-state index is 12.3. The van der Waals surface area contributed by atoms with Gasteiger partial charge in [-0.1, -0.05) is 55.0 Å². The highest BCUT2D eigenvalue weighted by Gasteiger charge is 2.25. The molecule has 0 saturated heterocycles. The van der Waals surface area contributed by atoms with E-state index in [2.05, 4.69) is 35.2 Å². The predicted octanol–water partition coefficient (Wildman–Crippen LogP) is 4.46. The van der Waals surface area contributed by atoms with Gasteiger partial charge < -0.3 is 4.74 Å². The van der Waals surface area contributed by atoms with Gasteiger partial charge >= 0.3 is 0 Å². The summed E-state index contributed by atoms with van der Waals surface area (Å²) in [5.41, 5.74) is 2.45. The number of carbonyl (C=O) groups excluding carboxylic acids is 1. The van der Waals surface area contributed by atoms with Gasteiger partial charge in [-0.15, -0.1) is 0 Å². The number of hydrogen-bond donors (Lipinski definition) is 0. The molecule has 0 aromatic heterocycles. The number of nitrogens with zero attached hydrogens (tertiary/aromatic N) is 1. The van der Waals surface area contributed by atoms with E-state index in [-0.39, 0.29) is 5.92 Å². The average molecular weight is 337 g/mol. The van der Waals surface area contributed by atoms with Gasteiger partial charge in [0.2, 0.25) is 0 Å². The Morgan fingerprint density at radius 1 is 1.00 bits per heavy atom. The number of para-hydroxylation sites is 1. The van der Waals surface area contributed by atoms with Crippen molar-refractivity contribution in [1.82, 2.24) is 4.90 Å². The summed E-state index contributed by atoms with van der Waals surface area (Å²) in [4.78, 5) is 14.7. The summed E-state index contributed by atoms with van der Waals surface area (Å²) in [7, 11) is 1.71. The highest BCUT2D eigenvalue weighted by atomic mass is 16.5. The van der Waals surface area contributed by atoms with Gasteiger partial charge in [0.1, 0.15) is 11.5 Å². The van der Waals surface area contributed by atoms with E-state index in [1.807, 2.05) is 24.3 Å². The van der Waals surface area contributed by atoms with Crippen LogP contribution in [0.25, 0.3) is 0 Å². The predicted molar refractivity (Wildman–Crippen MR) is 101 cm³/mol. The fourth-order valence-electron chi connectivity index (χ4n) is 3.66. The molecular weight excluding hydrogens is 310 g/mol. The van der Waals surface area contributed by atoms with Crippen LogP contribution in [0.5, 0.6) is 5.75 Å². The maximum atomic E-state index is 12.3. The monoisotopic (exact) mass is 337 g/mol. The van der Waals surface area contributed by atoms with Gasteiger partial charge in [-0.05, 0) is 24.5 Å². The third-order valence-corrected chi connectivity index (χ3v) is 5.00. The molecule has 132 valence electrons. The number of carbonyl (C=O) groups is 1. The van der Waals surface area contributed by atoms with E-state index in [1.54, 1.807) is 7.11 Å². The first kappa shape index (κ1) is 17.7. The van der Waals surface area contributed by atoms with Gasteiger partial charge in [0.25, 0.3) is 0 Å². The van der Waals surface area contributed by atoms with Crippen molar-refractivity contribution in [3.8, 4) is 5.75 Å². The Balaban J connectivity index is 1.76. The summed E-state index contributed by atoms with van der Waals surface area (Å²) >= 11 is 0. The lowest BCUT2D eigenvalue weighted by atomic mass is 9.87. The fourth-order valence-corrected chi connectivity index (χ4v) is 3.66. The minimum Gasteiger partial charge on any atom is -0.496 e. The molecule has 1 atom stereocenters. The highest BCUT2D eigenvalue weighted by Crippen LogP contribution is 2.25. The fraction of sp³-hybridized carbons (Fsp3) is 0.409. The Bertz CT molecular complexity index is 683. The van der Waals surface area contributed by atoms with Gasteiger partial charge in [0.15, 0.2) is 0 Å². The molecule has 3 nitrogen and oxygen atoms in total. The summed E-state index contributed by atoms with van der Waals surface area (Å²) in [6.07, 6.45) is 4.00. The van der Waals surface area contributed by atoms with E-state index in [9.17, 15) is 4.79 Å². The number of benzene rings is 2. The molecule has 0 unspecified atom stereocenters. The zero-order chi connectivity index (χ0) is 17.5. The van der Waals surface area contributed by atoms with Gasteiger partial charge in [0, 0.05) is 37.5 Å². The van der Waals surface area contributed by atoms with Crippen LogP contribution in [0.15, 0.2) is 54.6 Å². The first-order chi connectivity index (χ1) is 12.3. The van der Waals surface area contributed by atoms with Crippen molar-refractivity contribution in [3.63, 3.8) is 0 Å². The first-order valence-corrected chi connectivity index (χ1v) is 9.17. The molecule has 2 aromatic carbocycles. The highest BCUT2D eigenvalue weighted by molar-refractivity contribution is 5.81. The molecular formula is C22H27NO2. The summed E-state index contributed by atoms with van der Waals surface area (Å²) in [6, 6.07) is 18.6. The third-order valence-electron chi connectivity index (χ3n) is 5.00. The van der Waals surface area contributed by atoms with Crippen LogP contribution in [0, 0.1) is 5.92 Å². The van der Waals surface area contributed by atoms with Gasteiger partial charge in [-0.25, -0.2) is 0 Å². The minimum atomic E-state index is 0.173. The quantitative estimate of drug-likeness (QED) is 0.747. The van der Waals surface area contributed by atoms with Crippen molar-refractivity contribution in [2.75, 3.05) is 13.7 Å². The molecule has 2 aromatic rings. The van der Waals surface area contributed by atoms with Crippen LogP contribution in [0.1, 0.15) is 36.8 Å². The number of ether oxygens (including phenoxy) is 1. The zero-order valence-corrected chi connectivity index (χ0v) is 15.0. The van der Waals surface area contributed by atoms with Crippen molar-refractivity contribution in [3.05, 3.63) is 65.7 Å². The molecule has 0 N–H and O–H groups in total. The molecule has 0 heterocycles. The smallest absolute Gasteiger partial charge is 0.137 e. The van der Waals surface area contributed by atoms with E-state index in [1.165, 1.54) is 17.5 Å². The number of methoxy groups -OCH3 is 1. The number of Topliss-reactive ketones (excluding diaryl/α,β-unsaturated/α-hetero) is 1. The second-order valence-corrected chi connectivity index (χ2v) is 6.88. The summed E-state index contributed by atoms with van der Waals surface area (Å²) in [5.74, 6) is 1.52. The van der Waals surface area contributed by atoms with Gasteiger partial charge in [0.05, 0.1) is 7.11 Å². The van der Waals surface area contributed by atoms with E-state index < -0.39 is 0 Å². The van der Waals surface area contributed by atoms with Crippen molar-refractivity contribution >= 4 is 5.78 Å². The van der Waals surface area contributed by atoms with E-state index >= 15 is 0 Å². The Hall–Kier alpha value is -2.13. The number of ketones is 1. The molecule has 3 heteroatoms. The molecule has 1 aliphatic carbocycles. The number of hydrogen-bond acceptors (Lipinski definition) is 3. The molecule has 0 radical (unpaired) electrons. The largest absolute Gasteiger partial charge is 0.496 e. The van der Waals surface area contributed by atoms with Crippen molar-refractivity contribution in [1.29, 1.82) is 0 Å². The molecule has 0 bridgehead atoms. The summed E-state index contributed by atoms with van der Waals surface area (Å²) < 4.78 is 5.51. The van der Waals surface area contributed by atoms with Gasteiger partial charge in [-0.3, -0.25) is 9.69 Å². The van der Waals surface area contributed by atoms with Crippen molar-refractivity contribution < 1.29 is 9.53 Å². The normalized spacial score (nSPS) is 17.7. The van der Waals surface area contributed by atoms with Crippen LogP contribution in [0.2, 0.25) is 0 Å². The average Bonchev–Trinajstić information content (AvgIpc) is 2.65. The molecule has 0 spiro atoms. The second-order valence-electron chi connectivity index (χ2n) is 6.88. The second kappa shape index (κ2) is 8.82. The van der Waals surface area contributed by atoms with Crippen molar-refractivity contribution in [2.45, 2.75) is 38.8 Å². The lowest BCUT2D eigenvalue weighted by Gasteiger charge is -2.29. The van der Waals surface area contributed by atoms with E-state index in [0.717, 1.165) is 44.6 Å². The summed E-state index contributed by atoms with van der Waals surface area (Å²) in [6.45, 7) is 2.47. The lowest BCUT2D eigenvalue weighted by molar-refractivity contribution is -0.125. The van der Waals surface area contributed by atoms with Crippen molar-refractivity contribution in [2.24, 2.45) is 5.92 Å². The molecule has 3 rings (SSSR count). The van der Waals surface area contributed by atoms with E-state index in [4.69, 9.17) is 4.74 Å². The Kier molecular flexibility index (Phi) is 6.24.